The Morgan fingerprint density at radius 2 is 1.83 bits per heavy atom. The maximum absolute atomic E-state index is 16.2. The SMILES string of the molecule is COc1cc(C(=O)NC[C@](O)(c2cc3c(c(-c4cc(Cl)c(F)cc4F)n2)OC[C@]3(C)C(N)=O)C2(F)CC2)cc2cc(Cl)c(C)nc12. The number of benzene rings is 2. The average Bonchev–Trinajstić information content (AvgIpc) is 3.69. The first-order valence-corrected chi connectivity index (χ1v) is 14.9. The molecule has 1 saturated carbocycles. The Balaban J connectivity index is 1.45. The fourth-order valence-electron chi connectivity index (χ4n) is 5.61. The summed E-state index contributed by atoms with van der Waals surface area (Å²) in [7, 11) is 1.42. The number of nitrogens with one attached hydrogen (secondary N) is 1. The number of primary amides is 1. The molecule has 0 unspecified atom stereocenters. The van der Waals surface area contributed by atoms with Crippen molar-refractivity contribution in [1.29, 1.82) is 0 Å². The number of pyridine rings is 2. The summed E-state index contributed by atoms with van der Waals surface area (Å²) >= 11 is 12.2. The summed E-state index contributed by atoms with van der Waals surface area (Å²) < 4.78 is 56.6. The van der Waals surface area contributed by atoms with Crippen molar-refractivity contribution in [3.8, 4) is 22.8 Å². The Kier molecular flexibility index (Phi) is 7.61. The Morgan fingerprint density at radius 3 is 2.48 bits per heavy atom. The number of hydrogen-bond donors (Lipinski definition) is 3. The first-order chi connectivity index (χ1) is 21.6. The molecule has 1 fully saturated rings. The number of carbonyl (C=O) groups is 2. The Labute approximate surface area is 270 Å². The lowest BCUT2D eigenvalue weighted by Gasteiger charge is -2.33. The maximum atomic E-state index is 16.2. The van der Waals surface area contributed by atoms with Crippen molar-refractivity contribution in [2.45, 2.75) is 43.4 Å². The average molecular weight is 675 g/mol. The molecule has 3 heterocycles. The monoisotopic (exact) mass is 674 g/mol. The minimum absolute atomic E-state index is 0.0625. The van der Waals surface area contributed by atoms with E-state index >= 15 is 8.78 Å². The van der Waals surface area contributed by atoms with Gasteiger partial charge in [-0.2, -0.15) is 0 Å². The highest BCUT2D eigenvalue weighted by atomic mass is 35.5. The molecular formula is C32H27Cl2F3N4O5. The van der Waals surface area contributed by atoms with Crippen molar-refractivity contribution < 1.29 is 37.3 Å². The van der Waals surface area contributed by atoms with Crippen molar-refractivity contribution in [2.24, 2.45) is 5.73 Å². The van der Waals surface area contributed by atoms with Gasteiger partial charge in [0.25, 0.3) is 5.91 Å². The highest BCUT2D eigenvalue weighted by Crippen LogP contribution is 2.55. The van der Waals surface area contributed by atoms with Gasteiger partial charge in [-0.15, -0.1) is 0 Å². The molecule has 9 nitrogen and oxygen atoms in total. The number of halogens is 5. The number of ether oxygens (including phenoxy) is 2. The number of rotatable bonds is 8. The van der Waals surface area contributed by atoms with Gasteiger partial charge in [0.2, 0.25) is 5.91 Å². The first kappa shape index (κ1) is 31.8. The minimum atomic E-state index is -2.48. The predicted molar refractivity (Wildman–Crippen MR) is 164 cm³/mol. The quantitative estimate of drug-likeness (QED) is 0.211. The largest absolute Gasteiger partial charge is 0.494 e. The number of aliphatic hydroxyl groups is 1. The molecule has 4 N–H and O–H groups in total. The molecule has 2 aromatic heterocycles. The van der Waals surface area contributed by atoms with Crippen LogP contribution in [-0.4, -0.2) is 52.8 Å². The van der Waals surface area contributed by atoms with Crippen molar-refractivity contribution in [1.82, 2.24) is 15.3 Å². The van der Waals surface area contributed by atoms with Gasteiger partial charge in [0.1, 0.15) is 52.0 Å². The van der Waals surface area contributed by atoms with Crippen LogP contribution in [-0.2, 0) is 15.8 Å². The third-order valence-electron chi connectivity index (χ3n) is 8.73. The highest BCUT2D eigenvalue weighted by Gasteiger charge is 2.62. The van der Waals surface area contributed by atoms with Gasteiger partial charge in [0.05, 0.1) is 35.1 Å². The zero-order valence-electron chi connectivity index (χ0n) is 24.7. The summed E-state index contributed by atoms with van der Waals surface area (Å²) in [6.07, 6.45) is -0.164. The lowest BCUT2D eigenvalue weighted by Crippen LogP contribution is -2.49. The van der Waals surface area contributed by atoms with Crippen LogP contribution < -0.4 is 20.5 Å². The number of amides is 2. The standard InChI is InChI=1S/C32H27Cl2F3N4O5/c1-14-19(33)7-15-6-16(8-23(45-3)25(15)40-14)28(42)39-12-32(44,31(37)4-5-31)24-10-18-27(46-13-30(18,2)29(38)43)26(41-24)17-9-20(34)22(36)11-21(17)35/h6-11,44H,4-5,12-13H2,1-3H3,(H2,38,43)(H,39,42)/t30-,32-/m0/s1. The molecule has 2 aliphatic rings. The van der Waals surface area contributed by atoms with Gasteiger partial charge in [-0.3, -0.25) is 9.59 Å². The number of nitrogens with zero attached hydrogens (tertiary/aromatic N) is 2. The van der Waals surface area contributed by atoms with E-state index in [0.29, 0.717) is 27.7 Å². The van der Waals surface area contributed by atoms with Gasteiger partial charge < -0.3 is 25.6 Å². The molecule has 0 saturated heterocycles. The summed E-state index contributed by atoms with van der Waals surface area (Å²) in [6.45, 7) is 2.26. The smallest absolute Gasteiger partial charge is 0.251 e. The summed E-state index contributed by atoms with van der Waals surface area (Å²) in [5, 5.41) is 15.1. The van der Waals surface area contributed by atoms with Crippen LogP contribution in [0.2, 0.25) is 10.0 Å². The summed E-state index contributed by atoms with van der Waals surface area (Å²) in [5.41, 5.74) is -0.158. The maximum Gasteiger partial charge on any atom is 0.251 e. The first-order valence-electron chi connectivity index (χ1n) is 14.1. The number of alkyl halides is 1. The van der Waals surface area contributed by atoms with Crippen molar-refractivity contribution >= 4 is 45.9 Å². The van der Waals surface area contributed by atoms with E-state index in [9.17, 15) is 19.1 Å². The van der Waals surface area contributed by atoms with Crippen LogP contribution in [0.5, 0.6) is 11.5 Å². The molecule has 46 heavy (non-hydrogen) atoms. The fourth-order valence-corrected chi connectivity index (χ4v) is 5.93. The van der Waals surface area contributed by atoms with Crippen LogP contribution in [0.1, 0.15) is 47.1 Å². The second-order valence-corrected chi connectivity index (χ2v) is 12.6. The van der Waals surface area contributed by atoms with E-state index in [0.717, 1.165) is 6.07 Å². The number of nitrogens with two attached hydrogens (primary N) is 1. The van der Waals surface area contributed by atoms with E-state index in [1.54, 1.807) is 13.0 Å². The van der Waals surface area contributed by atoms with Crippen LogP contribution >= 0.6 is 23.2 Å². The minimum Gasteiger partial charge on any atom is -0.494 e. The summed E-state index contributed by atoms with van der Waals surface area (Å²) in [4.78, 5) is 34.9. The van der Waals surface area contributed by atoms with E-state index in [1.165, 1.54) is 32.2 Å². The number of aryl methyl sites for hydroxylation is 1. The van der Waals surface area contributed by atoms with Crippen molar-refractivity contribution in [3.05, 3.63) is 80.6 Å². The van der Waals surface area contributed by atoms with Gasteiger partial charge in [0, 0.05) is 28.1 Å². The molecule has 6 rings (SSSR count). The Hall–Kier alpha value is -4.13. The van der Waals surface area contributed by atoms with Crippen LogP contribution in [0.4, 0.5) is 13.2 Å². The molecule has 0 radical (unpaired) electrons. The highest BCUT2D eigenvalue weighted by molar-refractivity contribution is 6.32. The molecular weight excluding hydrogens is 648 g/mol. The zero-order chi connectivity index (χ0) is 33.3. The van der Waals surface area contributed by atoms with Gasteiger partial charge in [-0.1, -0.05) is 23.2 Å². The number of fused-ring (bicyclic) bond motifs is 2. The molecule has 2 atom stereocenters. The second-order valence-electron chi connectivity index (χ2n) is 11.8. The van der Waals surface area contributed by atoms with Gasteiger partial charge in [-0.05, 0) is 57.0 Å². The van der Waals surface area contributed by atoms with Crippen LogP contribution in [0.3, 0.4) is 0 Å². The van der Waals surface area contributed by atoms with E-state index in [-0.39, 0.29) is 59.0 Å². The number of methoxy groups -OCH3 is 1. The van der Waals surface area contributed by atoms with E-state index < -0.39 is 51.7 Å². The van der Waals surface area contributed by atoms with Crippen LogP contribution in [0, 0.1) is 18.6 Å². The van der Waals surface area contributed by atoms with E-state index in [2.05, 4.69) is 15.3 Å². The van der Waals surface area contributed by atoms with Gasteiger partial charge in [0.15, 0.2) is 5.60 Å². The zero-order valence-corrected chi connectivity index (χ0v) is 26.2. The molecule has 0 spiro atoms. The predicted octanol–water partition coefficient (Wildman–Crippen LogP) is 5.45. The molecule has 1 aliphatic carbocycles. The summed E-state index contributed by atoms with van der Waals surface area (Å²) in [5.74, 6) is -3.37. The number of carbonyl (C=O) groups excluding carboxylic acids is 2. The Bertz CT molecular complexity index is 1970. The van der Waals surface area contributed by atoms with Crippen LogP contribution in [0.15, 0.2) is 36.4 Å². The Morgan fingerprint density at radius 1 is 1.11 bits per heavy atom. The van der Waals surface area contributed by atoms with Gasteiger partial charge in [-0.25, -0.2) is 23.1 Å². The van der Waals surface area contributed by atoms with Crippen molar-refractivity contribution in [3.63, 3.8) is 0 Å². The lowest BCUT2D eigenvalue weighted by molar-refractivity contribution is -0.123. The number of aromatic nitrogens is 2. The number of hydrogen-bond acceptors (Lipinski definition) is 7. The molecule has 1 aliphatic heterocycles. The lowest BCUT2D eigenvalue weighted by atomic mass is 9.80. The topological polar surface area (TPSA) is 137 Å². The second kappa shape index (κ2) is 11.0. The molecule has 240 valence electrons. The normalized spacial score (nSPS) is 19.2. The van der Waals surface area contributed by atoms with Crippen molar-refractivity contribution in [2.75, 3.05) is 20.3 Å². The molecule has 2 amide bonds. The van der Waals surface area contributed by atoms with E-state index in [4.69, 9.17) is 38.4 Å². The van der Waals surface area contributed by atoms with Gasteiger partial charge >= 0.3 is 0 Å². The molecule has 0 bridgehead atoms. The van der Waals surface area contributed by atoms with E-state index in [1.807, 2.05) is 0 Å². The fraction of sp³-hybridized carbons (Fsp3) is 0.312. The third-order valence-corrected chi connectivity index (χ3v) is 9.41. The third kappa shape index (κ3) is 4.99. The van der Waals surface area contributed by atoms with Crippen LogP contribution in [0.25, 0.3) is 22.2 Å². The molecule has 4 aromatic rings. The molecule has 14 heteroatoms. The molecule has 2 aromatic carbocycles. The summed E-state index contributed by atoms with van der Waals surface area (Å²) in [6, 6.07) is 7.38.